The number of rotatable bonds is 1. The highest BCUT2D eigenvalue weighted by Gasteiger charge is 2.50. The van der Waals surface area contributed by atoms with E-state index in [4.69, 9.17) is 0 Å². The first-order valence-corrected chi connectivity index (χ1v) is 8.67. The Morgan fingerprint density at radius 1 is 1.13 bits per heavy atom. The van der Waals surface area contributed by atoms with Gasteiger partial charge in [-0.1, -0.05) is 37.5 Å². The molecule has 1 atom stereocenters. The smallest absolute Gasteiger partial charge is 0.175 e. The standard InChI is InChI=1S/C18H25N5/c1-17(2,3)23-16(20-21-22-23)15-18(11-7-4-8-12-18)13-9-5-6-10-14(13)19-15/h5-6,9-10,15,19H,4,7-8,11-12H2,1-3H3. The number of hydrogen-bond acceptors (Lipinski definition) is 4. The summed E-state index contributed by atoms with van der Waals surface area (Å²) in [6, 6.07) is 8.91. The molecule has 1 N–H and O–H groups in total. The fraction of sp³-hybridized carbons (Fsp3) is 0.611. The zero-order chi connectivity index (χ0) is 16.1. The summed E-state index contributed by atoms with van der Waals surface area (Å²) in [5, 5.41) is 16.5. The first-order valence-electron chi connectivity index (χ1n) is 8.67. The minimum atomic E-state index is -0.120. The molecule has 0 saturated heterocycles. The first kappa shape index (κ1) is 14.7. The molecule has 0 radical (unpaired) electrons. The second-order valence-electron chi connectivity index (χ2n) is 7.96. The predicted molar refractivity (Wildman–Crippen MR) is 90.4 cm³/mol. The van der Waals surface area contributed by atoms with Crippen molar-refractivity contribution in [3.63, 3.8) is 0 Å². The lowest BCUT2D eigenvalue weighted by molar-refractivity contribution is 0.245. The average molecular weight is 311 g/mol. The Hall–Kier alpha value is -1.91. The van der Waals surface area contributed by atoms with Crippen LogP contribution in [0.2, 0.25) is 0 Å². The molecule has 23 heavy (non-hydrogen) atoms. The van der Waals surface area contributed by atoms with Crippen LogP contribution in [0.5, 0.6) is 0 Å². The van der Waals surface area contributed by atoms with Gasteiger partial charge >= 0.3 is 0 Å². The molecule has 1 saturated carbocycles. The number of benzene rings is 1. The van der Waals surface area contributed by atoms with Gasteiger partial charge in [0.25, 0.3) is 0 Å². The summed E-state index contributed by atoms with van der Waals surface area (Å²) >= 11 is 0. The lowest BCUT2D eigenvalue weighted by Crippen LogP contribution is -2.38. The van der Waals surface area contributed by atoms with Crippen molar-refractivity contribution < 1.29 is 0 Å². The summed E-state index contributed by atoms with van der Waals surface area (Å²) < 4.78 is 1.99. The summed E-state index contributed by atoms with van der Waals surface area (Å²) in [5.41, 5.74) is 2.72. The van der Waals surface area contributed by atoms with Crippen molar-refractivity contribution in [3.8, 4) is 0 Å². The molecule has 2 heterocycles. The first-order chi connectivity index (χ1) is 11.0. The summed E-state index contributed by atoms with van der Waals surface area (Å²) in [6.07, 6.45) is 6.31. The maximum absolute atomic E-state index is 4.44. The van der Waals surface area contributed by atoms with Crippen LogP contribution in [0.4, 0.5) is 5.69 Å². The van der Waals surface area contributed by atoms with Gasteiger partial charge in [0, 0.05) is 11.1 Å². The van der Waals surface area contributed by atoms with Crippen molar-refractivity contribution in [1.82, 2.24) is 20.2 Å². The van der Waals surface area contributed by atoms with Crippen molar-refractivity contribution >= 4 is 5.69 Å². The molecular weight excluding hydrogens is 286 g/mol. The van der Waals surface area contributed by atoms with E-state index in [0.717, 1.165) is 5.82 Å². The Labute approximate surface area is 137 Å². The SMILES string of the molecule is CC(C)(C)n1nnnc1C1Nc2ccccc2C12CCCCC2. The highest BCUT2D eigenvalue weighted by Crippen LogP contribution is 2.55. The van der Waals surface area contributed by atoms with Gasteiger partial charge in [-0.2, -0.15) is 0 Å². The summed E-state index contributed by atoms with van der Waals surface area (Å²) in [6.45, 7) is 6.47. The molecule has 1 unspecified atom stereocenters. The van der Waals surface area contributed by atoms with Crippen molar-refractivity contribution in [2.45, 2.75) is 69.9 Å². The van der Waals surface area contributed by atoms with Crippen LogP contribution in [0.15, 0.2) is 24.3 Å². The molecule has 4 rings (SSSR count). The average Bonchev–Trinajstić information content (AvgIpc) is 3.12. The van der Waals surface area contributed by atoms with Crippen LogP contribution in [-0.4, -0.2) is 20.2 Å². The monoisotopic (exact) mass is 311 g/mol. The molecule has 5 nitrogen and oxygen atoms in total. The molecule has 1 aromatic carbocycles. The van der Waals surface area contributed by atoms with E-state index in [1.165, 1.54) is 43.4 Å². The summed E-state index contributed by atoms with van der Waals surface area (Å²) in [7, 11) is 0. The minimum absolute atomic E-state index is 0.120. The zero-order valence-corrected chi connectivity index (χ0v) is 14.2. The van der Waals surface area contributed by atoms with Crippen LogP contribution >= 0.6 is 0 Å². The molecule has 2 aliphatic rings. The van der Waals surface area contributed by atoms with Crippen LogP contribution in [0.1, 0.15) is 70.3 Å². The van der Waals surface area contributed by atoms with E-state index in [0.29, 0.717) is 0 Å². The molecule has 1 aromatic heterocycles. The van der Waals surface area contributed by atoms with Crippen molar-refractivity contribution in [3.05, 3.63) is 35.7 Å². The van der Waals surface area contributed by atoms with E-state index < -0.39 is 0 Å². The molecule has 0 amide bonds. The number of anilines is 1. The van der Waals surface area contributed by atoms with Gasteiger partial charge in [-0.25, -0.2) is 4.68 Å². The van der Waals surface area contributed by atoms with Crippen LogP contribution in [-0.2, 0) is 11.0 Å². The summed E-state index contributed by atoms with van der Waals surface area (Å²) in [5.74, 6) is 0.968. The Morgan fingerprint density at radius 2 is 1.87 bits per heavy atom. The third kappa shape index (κ3) is 2.17. The maximum atomic E-state index is 4.44. The van der Waals surface area contributed by atoms with E-state index in [1.807, 2.05) is 4.68 Å². The predicted octanol–water partition coefficient (Wildman–Crippen LogP) is 3.80. The van der Waals surface area contributed by atoms with Gasteiger partial charge in [0.15, 0.2) is 5.82 Å². The summed E-state index contributed by atoms with van der Waals surface area (Å²) in [4.78, 5) is 0. The Bertz CT molecular complexity index is 706. The number of nitrogens with one attached hydrogen (secondary N) is 1. The molecule has 0 bridgehead atoms. The van der Waals surface area contributed by atoms with Crippen LogP contribution in [0, 0.1) is 0 Å². The minimum Gasteiger partial charge on any atom is -0.374 e. The van der Waals surface area contributed by atoms with Crippen LogP contribution in [0.25, 0.3) is 0 Å². The van der Waals surface area contributed by atoms with E-state index >= 15 is 0 Å². The van der Waals surface area contributed by atoms with Gasteiger partial charge < -0.3 is 5.32 Å². The third-order valence-electron chi connectivity index (χ3n) is 5.45. The number of tetrazole rings is 1. The molecule has 122 valence electrons. The third-order valence-corrected chi connectivity index (χ3v) is 5.45. The number of aromatic nitrogens is 4. The van der Waals surface area contributed by atoms with Gasteiger partial charge in [-0.15, -0.1) is 5.10 Å². The number of hydrogen-bond donors (Lipinski definition) is 1. The fourth-order valence-corrected chi connectivity index (χ4v) is 4.40. The van der Waals surface area contributed by atoms with E-state index in [1.54, 1.807) is 0 Å². The zero-order valence-electron chi connectivity index (χ0n) is 14.2. The highest BCUT2D eigenvalue weighted by molar-refractivity contribution is 5.63. The van der Waals surface area contributed by atoms with Crippen molar-refractivity contribution in [2.24, 2.45) is 0 Å². The fourth-order valence-electron chi connectivity index (χ4n) is 4.40. The molecular formula is C18H25N5. The van der Waals surface area contributed by atoms with E-state index in [-0.39, 0.29) is 17.0 Å². The van der Waals surface area contributed by atoms with E-state index in [2.05, 4.69) is 65.9 Å². The second-order valence-corrected chi connectivity index (χ2v) is 7.96. The van der Waals surface area contributed by atoms with Gasteiger partial charge in [-0.05, 0) is 55.7 Å². The van der Waals surface area contributed by atoms with Gasteiger partial charge in [0.2, 0.25) is 0 Å². The van der Waals surface area contributed by atoms with Crippen molar-refractivity contribution in [1.29, 1.82) is 0 Å². The van der Waals surface area contributed by atoms with Gasteiger partial charge in [-0.3, -0.25) is 0 Å². The largest absolute Gasteiger partial charge is 0.374 e. The number of fused-ring (bicyclic) bond motifs is 2. The Kier molecular flexibility index (Phi) is 3.22. The molecule has 1 fully saturated rings. The second kappa shape index (κ2) is 5.05. The molecule has 1 aliphatic carbocycles. The topological polar surface area (TPSA) is 55.6 Å². The Balaban J connectivity index is 1.85. The quantitative estimate of drug-likeness (QED) is 0.870. The van der Waals surface area contributed by atoms with Gasteiger partial charge in [0.05, 0.1) is 11.6 Å². The number of nitrogens with zero attached hydrogens (tertiary/aromatic N) is 4. The van der Waals surface area contributed by atoms with Gasteiger partial charge in [0.1, 0.15) is 0 Å². The van der Waals surface area contributed by atoms with E-state index in [9.17, 15) is 0 Å². The highest BCUT2D eigenvalue weighted by atomic mass is 15.6. The molecule has 1 aliphatic heterocycles. The maximum Gasteiger partial charge on any atom is 0.175 e. The molecule has 5 heteroatoms. The van der Waals surface area contributed by atoms with Crippen LogP contribution < -0.4 is 5.32 Å². The number of para-hydroxylation sites is 1. The lowest BCUT2D eigenvalue weighted by atomic mass is 9.66. The normalized spacial score (nSPS) is 22.8. The Morgan fingerprint density at radius 3 is 2.61 bits per heavy atom. The van der Waals surface area contributed by atoms with Crippen molar-refractivity contribution in [2.75, 3.05) is 5.32 Å². The molecule has 1 spiro atoms. The molecule has 2 aromatic rings. The van der Waals surface area contributed by atoms with Crippen LogP contribution in [0.3, 0.4) is 0 Å². The lowest BCUT2D eigenvalue weighted by Gasteiger charge is -2.39.